The van der Waals surface area contributed by atoms with Gasteiger partial charge in [0.1, 0.15) is 3.70 Å². The van der Waals surface area contributed by atoms with Crippen molar-refractivity contribution < 1.29 is 23.0 Å². The van der Waals surface area contributed by atoms with E-state index in [9.17, 15) is 13.6 Å². The fourth-order valence-electron chi connectivity index (χ4n) is 1.22. The maximum atomic E-state index is 12.7. The van der Waals surface area contributed by atoms with Crippen LogP contribution in [0.2, 0.25) is 0 Å². The average Bonchev–Trinajstić information content (AvgIpc) is 2.30. The smallest absolute Gasteiger partial charge is 0.310 e. The van der Waals surface area contributed by atoms with Crippen LogP contribution in [0.25, 0.3) is 0 Å². The van der Waals surface area contributed by atoms with Crippen molar-refractivity contribution in [1.82, 2.24) is 4.98 Å². The minimum Gasteiger partial charge on any atom is -0.481 e. The molecule has 1 rings (SSSR count). The molecule has 0 aromatic carbocycles. The first-order chi connectivity index (χ1) is 7.99. The molecule has 94 valence electrons. The summed E-state index contributed by atoms with van der Waals surface area (Å²) in [4.78, 5) is 15.0. The number of halogens is 3. The minimum absolute atomic E-state index is 0.149. The monoisotopic (exact) mass is 357 g/mol. The Bertz CT molecular complexity index is 426. The summed E-state index contributed by atoms with van der Waals surface area (Å²) in [6, 6.07) is 1.22. The average molecular weight is 357 g/mol. The summed E-state index contributed by atoms with van der Waals surface area (Å²) in [6.07, 6.45) is -2.79. The molecule has 7 heteroatoms. The van der Waals surface area contributed by atoms with Crippen LogP contribution >= 0.6 is 22.6 Å². The van der Waals surface area contributed by atoms with Gasteiger partial charge >= 0.3 is 5.97 Å². The summed E-state index contributed by atoms with van der Waals surface area (Å²) >= 11 is 1.70. The third kappa shape index (κ3) is 3.48. The lowest BCUT2D eigenvalue weighted by Crippen LogP contribution is -2.09. The molecular formula is C10H10F2INO3. The predicted molar refractivity (Wildman–Crippen MR) is 64.2 cm³/mol. The third-order valence-electron chi connectivity index (χ3n) is 2.03. The highest BCUT2D eigenvalue weighted by Crippen LogP contribution is 2.28. The van der Waals surface area contributed by atoms with E-state index in [1.165, 1.54) is 20.3 Å². The van der Waals surface area contributed by atoms with E-state index in [1.54, 1.807) is 22.6 Å². The molecule has 0 aliphatic heterocycles. The molecule has 1 aromatic heterocycles. The Morgan fingerprint density at radius 2 is 2.18 bits per heavy atom. The van der Waals surface area contributed by atoms with Gasteiger partial charge in [-0.25, -0.2) is 13.8 Å². The van der Waals surface area contributed by atoms with Gasteiger partial charge in [0.15, 0.2) is 0 Å². The zero-order chi connectivity index (χ0) is 13.0. The number of carbonyl (C=O) groups excluding carboxylic acids is 1. The van der Waals surface area contributed by atoms with Crippen molar-refractivity contribution in [3.05, 3.63) is 20.9 Å². The Kier molecular flexibility index (Phi) is 5.03. The van der Waals surface area contributed by atoms with E-state index in [0.29, 0.717) is 0 Å². The molecule has 0 atom stereocenters. The summed E-state index contributed by atoms with van der Waals surface area (Å²) in [7, 11) is 2.59. The number of hydrogen-bond acceptors (Lipinski definition) is 4. The maximum Gasteiger partial charge on any atom is 0.310 e. The molecule has 0 amide bonds. The lowest BCUT2D eigenvalue weighted by molar-refractivity contribution is -0.139. The number of methoxy groups -OCH3 is 2. The Morgan fingerprint density at radius 1 is 1.53 bits per heavy atom. The lowest BCUT2D eigenvalue weighted by atomic mass is 10.1. The predicted octanol–water partition coefficient (Wildman–Crippen LogP) is 2.35. The molecule has 0 unspecified atom stereocenters. The van der Waals surface area contributed by atoms with Crippen LogP contribution in [-0.2, 0) is 16.0 Å². The first kappa shape index (κ1) is 14.1. The van der Waals surface area contributed by atoms with Gasteiger partial charge in [0.2, 0.25) is 5.88 Å². The van der Waals surface area contributed by atoms with Gasteiger partial charge in [-0.2, -0.15) is 0 Å². The van der Waals surface area contributed by atoms with E-state index < -0.39 is 12.4 Å². The molecule has 0 aliphatic rings. The molecule has 0 N–H and O–H groups in total. The molecule has 17 heavy (non-hydrogen) atoms. The van der Waals surface area contributed by atoms with Gasteiger partial charge in [-0.15, -0.1) is 0 Å². The van der Waals surface area contributed by atoms with Gasteiger partial charge in [-0.05, 0) is 28.7 Å². The van der Waals surface area contributed by atoms with Crippen molar-refractivity contribution in [1.29, 1.82) is 0 Å². The van der Waals surface area contributed by atoms with Gasteiger partial charge in [-0.1, -0.05) is 0 Å². The molecular weight excluding hydrogens is 347 g/mol. The van der Waals surface area contributed by atoms with Crippen LogP contribution < -0.4 is 4.74 Å². The highest BCUT2D eigenvalue weighted by molar-refractivity contribution is 14.1. The second-order valence-corrected chi connectivity index (χ2v) is 4.11. The zero-order valence-corrected chi connectivity index (χ0v) is 11.3. The summed E-state index contributed by atoms with van der Waals surface area (Å²) in [5, 5.41) is 0. The molecule has 0 radical (unpaired) electrons. The van der Waals surface area contributed by atoms with Crippen LogP contribution in [0.15, 0.2) is 6.07 Å². The fraction of sp³-hybridized carbons (Fsp3) is 0.400. The first-order valence-corrected chi connectivity index (χ1v) is 5.65. The van der Waals surface area contributed by atoms with Gasteiger partial charge in [0.05, 0.1) is 26.2 Å². The first-order valence-electron chi connectivity index (χ1n) is 4.57. The van der Waals surface area contributed by atoms with Crippen LogP contribution in [0.4, 0.5) is 8.78 Å². The Morgan fingerprint density at radius 3 is 2.65 bits per heavy atom. The van der Waals surface area contributed by atoms with E-state index in [0.717, 1.165) is 0 Å². The van der Waals surface area contributed by atoms with Crippen LogP contribution in [-0.4, -0.2) is 25.2 Å². The molecule has 1 heterocycles. The van der Waals surface area contributed by atoms with Crippen LogP contribution in [0.1, 0.15) is 17.6 Å². The van der Waals surface area contributed by atoms with Gasteiger partial charge in [-0.3, -0.25) is 4.79 Å². The molecule has 0 spiro atoms. The minimum atomic E-state index is -2.64. The van der Waals surface area contributed by atoms with Crippen molar-refractivity contribution in [2.75, 3.05) is 14.2 Å². The normalized spacial score (nSPS) is 10.5. The SMILES string of the molecule is COC(=O)Cc1cc(C(F)F)c(I)nc1OC. The molecule has 0 bridgehead atoms. The summed E-state index contributed by atoms with van der Waals surface area (Å²) in [5.74, 6) is -0.379. The molecule has 0 fully saturated rings. The number of rotatable bonds is 4. The maximum absolute atomic E-state index is 12.7. The summed E-state index contributed by atoms with van der Waals surface area (Å²) in [5.41, 5.74) is 0.0698. The van der Waals surface area contributed by atoms with E-state index in [1.807, 2.05) is 0 Å². The van der Waals surface area contributed by atoms with Crippen LogP contribution in [0.5, 0.6) is 5.88 Å². The fourth-order valence-corrected chi connectivity index (χ4v) is 1.83. The zero-order valence-electron chi connectivity index (χ0n) is 9.17. The van der Waals surface area contributed by atoms with Crippen molar-refractivity contribution in [3.63, 3.8) is 0 Å². The van der Waals surface area contributed by atoms with Crippen molar-refractivity contribution in [2.45, 2.75) is 12.8 Å². The Labute approximate surface area is 110 Å². The standard InChI is InChI=1S/C10H10F2INO3/c1-16-7(15)4-5-3-6(8(11)12)9(13)14-10(5)17-2/h3,8H,4H2,1-2H3. The molecule has 4 nitrogen and oxygen atoms in total. The third-order valence-corrected chi connectivity index (χ3v) is 2.90. The van der Waals surface area contributed by atoms with Gasteiger partial charge in [0.25, 0.3) is 6.43 Å². The molecule has 1 aromatic rings. The van der Waals surface area contributed by atoms with Gasteiger partial charge in [0, 0.05) is 5.56 Å². The van der Waals surface area contributed by atoms with Crippen LogP contribution in [0, 0.1) is 3.70 Å². The topological polar surface area (TPSA) is 48.4 Å². The summed E-state index contributed by atoms with van der Waals surface area (Å²) < 4.78 is 34.9. The Balaban J connectivity index is 3.16. The number of carbonyl (C=O) groups is 1. The number of aromatic nitrogens is 1. The number of alkyl halides is 2. The van der Waals surface area contributed by atoms with E-state index in [-0.39, 0.29) is 27.1 Å². The second-order valence-electron chi connectivity index (χ2n) is 3.09. The number of pyridine rings is 1. The van der Waals surface area contributed by atoms with E-state index in [2.05, 4.69) is 9.72 Å². The van der Waals surface area contributed by atoms with Crippen molar-refractivity contribution in [2.24, 2.45) is 0 Å². The highest BCUT2D eigenvalue weighted by Gasteiger charge is 2.19. The lowest BCUT2D eigenvalue weighted by Gasteiger charge is -2.10. The molecule has 0 aliphatic carbocycles. The number of nitrogens with zero attached hydrogens (tertiary/aromatic N) is 1. The highest BCUT2D eigenvalue weighted by atomic mass is 127. The largest absolute Gasteiger partial charge is 0.481 e. The van der Waals surface area contributed by atoms with Crippen molar-refractivity contribution >= 4 is 28.6 Å². The van der Waals surface area contributed by atoms with E-state index >= 15 is 0 Å². The van der Waals surface area contributed by atoms with Crippen LogP contribution in [0.3, 0.4) is 0 Å². The van der Waals surface area contributed by atoms with E-state index in [4.69, 9.17) is 4.74 Å². The van der Waals surface area contributed by atoms with Gasteiger partial charge < -0.3 is 9.47 Å². The number of hydrogen-bond donors (Lipinski definition) is 0. The van der Waals surface area contributed by atoms with Crippen molar-refractivity contribution in [3.8, 4) is 5.88 Å². The molecule has 0 saturated heterocycles. The molecule has 0 saturated carbocycles. The second kappa shape index (κ2) is 6.08. The number of ether oxygens (including phenoxy) is 2. The number of esters is 1. The Hall–Kier alpha value is -0.990. The quantitative estimate of drug-likeness (QED) is 0.472. The summed E-state index contributed by atoms with van der Waals surface area (Å²) in [6.45, 7) is 0.